The lowest BCUT2D eigenvalue weighted by Crippen LogP contribution is -2.42. The molecule has 3 heterocycles. The van der Waals surface area contributed by atoms with Crippen LogP contribution in [0.4, 0.5) is 10.3 Å². The number of hydrogen-bond donors (Lipinski definition) is 1. The first-order valence-corrected chi connectivity index (χ1v) is 9.84. The molecule has 0 saturated carbocycles. The average Bonchev–Trinajstić information content (AvgIpc) is 3.11. The maximum Gasteiger partial charge on any atom is 0.228 e. The zero-order chi connectivity index (χ0) is 19.7. The fourth-order valence-corrected chi connectivity index (χ4v) is 4.00. The largest absolute Gasteiger partial charge is 0.497 e. The number of ether oxygens (including phenoxy) is 1. The number of rotatable bonds is 5. The molecule has 1 N–H and O–H groups in total. The van der Waals surface area contributed by atoms with Gasteiger partial charge in [-0.25, -0.2) is 4.39 Å². The molecule has 6 nitrogen and oxygen atoms in total. The maximum absolute atomic E-state index is 14.7. The number of likely N-dealkylation sites (N-methyl/N-ethyl adjacent to an activating group) is 1. The highest BCUT2D eigenvalue weighted by Crippen LogP contribution is 2.34. The summed E-state index contributed by atoms with van der Waals surface area (Å²) < 4.78 is 21.6. The summed E-state index contributed by atoms with van der Waals surface area (Å²) >= 11 is 6.39. The molecule has 1 saturated heterocycles. The summed E-state index contributed by atoms with van der Waals surface area (Å²) in [4.78, 5) is 2.40. The van der Waals surface area contributed by atoms with Crippen LogP contribution < -0.4 is 10.1 Å². The van der Waals surface area contributed by atoms with Gasteiger partial charge in [-0.2, -0.15) is 0 Å². The Morgan fingerprint density at radius 2 is 2.18 bits per heavy atom. The Hall–Kier alpha value is -2.38. The van der Waals surface area contributed by atoms with Gasteiger partial charge in [0.2, 0.25) is 5.95 Å². The van der Waals surface area contributed by atoms with Crippen molar-refractivity contribution in [2.75, 3.05) is 32.1 Å². The summed E-state index contributed by atoms with van der Waals surface area (Å²) in [6.45, 7) is 5.24. The number of benzene rings is 1. The molecule has 0 unspecified atom stereocenters. The fraction of sp³-hybridized carbons (Fsp3) is 0.400. The average molecular weight is 404 g/mol. The van der Waals surface area contributed by atoms with E-state index in [-0.39, 0.29) is 11.9 Å². The van der Waals surface area contributed by atoms with Crippen molar-refractivity contribution in [2.24, 2.45) is 0 Å². The highest BCUT2D eigenvalue weighted by atomic mass is 35.5. The molecule has 1 aliphatic rings. The lowest BCUT2D eigenvalue weighted by atomic mass is 10.1. The van der Waals surface area contributed by atoms with Crippen LogP contribution in [0.15, 0.2) is 30.5 Å². The molecule has 2 aromatic heterocycles. The smallest absolute Gasteiger partial charge is 0.228 e. The number of fused-ring (bicyclic) bond motifs is 1. The van der Waals surface area contributed by atoms with Gasteiger partial charge in [-0.15, -0.1) is 10.2 Å². The lowest BCUT2D eigenvalue weighted by Gasteiger charge is -2.32. The number of nitrogens with zero attached hydrogens (tertiary/aromatic N) is 4. The summed E-state index contributed by atoms with van der Waals surface area (Å²) in [6, 6.07) is 6.90. The van der Waals surface area contributed by atoms with Crippen LogP contribution in [-0.2, 0) is 0 Å². The lowest BCUT2D eigenvalue weighted by molar-refractivity contribution is 0.226. The van der Waals surface area contributed by atoms with Gasteiger partial charge in [0.1, 0.15) is 17.0 Å². The molecule has 3 aromatic rings. The Bertz CT molecular complexity index is 992. The van der Waals surface area contributed by atoms with Gasteiger partial charge >= 0.3 is 0 Å². The molecule has 1 aromatic carbocycles. The number of methoxy groups -OCH3 is 1. The van der Waals surface area contributed by atoms with Crippen molar-refractivity contribution in [3.63, 3.8) is 0 Å². The molecule has 1 fully saturated rings. The monoisotopic (exact) mass is 403 g/mol. The number of hydrogen-bond acceptors (Lipinski definition) is 5. The van der Waals surface area contributed by atoms with Crippen molar-refractivity contribution < 1.29 is 9.13 Å². The highest BCUT2D eigenvalue weighted by molar-refractivity contribution is 6.33. The number of likely N-dealkylation sites (tertiary alicyclic amines) is 1. The first-order valence-electron chi connectivity index (χ1n) is 9.46. The van der Waals surface area contributed by atoms with E-state index in [4.69, 9.17) is 16.3 Å². The van der Waals surface area contributed by atoms with Crippen LogP contribution in [0.1, 0.15) is 19.8 Å². The van der Waals surface area contributed by atoms with E-state index in [2.05, 4.69) is 27.3 Å². The highest BCUT2D eigenvalue weighted by Gasteiger charge is 2.22. The molecule has 0 spiro atoms. The molecular weight excluding hydrogens is 381 g/mol. The van der Waals surface area contributed by atoms with Gasteiger partial charge in [-0.05, 0) is 50.2 Å². The number of aromatic nitrogens is 3. The third kappa shape index (κ3) is 3.52. The molecule has 0 aliphatic carbocycles. The van der Waals surface area contributed by atoms with Crippen LogP contribution in [0.5, 0.6) is 5.75 Å². The summed E-state index contributed by atoms with van der Waals surface area (Å²) in [7, 11) is 1.57. The second kappa shape index (κ2) is 7.93. The molecule has 8 heteroatoms. The van der Waals surface area contributed by atoms with Crippen LogP contribution in [-0.4, -0.2) is 52.3 Å². The topological polar surface area (TPSA) is 54.7 Å². The predicted molar refractivity (Wildman–Crippen MR) is 109 cm³/mol. The Morgan fingerprint density at radius 1 is 1.32 bits per heavy atom. The summed E-state index contributed by atoms with van der Waals surface area (Å²) in [5.74, 6) is 0.804. The van der Waals surface area contributed by atoms with Crippen LogP contribution in [0.3, 0.4) is 0 Å². The van der Waals surface area contributed by atoms with Crippen molar-refractivity contribution in [1.82, 2.24) is 19.5 Å². The Balaban J connectivity index is 1.72. The first-order chi connectivity index (χ1) is 13.6. The van der Waals surface area contributed by atoms with Gasteiger partial charge in [-0.1, -0.05) is 18.5 Å². The number of piperidine rings is 1. The van der Waals surface area contributed by atoms with Gasteiger partial charge in [0.25, 0.3) is 0 Å². The van der Waals surface area contributed by atoms with E-state index in [0.717, 1.165) is 32.5 Å². The van der Waals surface area contributed by atoms with Crippen molar-refractivity contribution in [3.8, 4) is 17.0 Å². The van der Waals surface area contributed by atoms with Gasteiger partial charge < -0.3 is 15.0 Å². The van der Waals surface area contributed by atoms with E-state index >= 15 is 0 Å². The molecule has 1 atom stereocenters. The SMILES string of the molecule is CCN1CCC[C@@H](Nc2nnc(-c3ccc(OC)cc3Cl)c3c(F)ccn23)C1. The third-order valence-corrected chi connectivity index (χ3v) is 5.56. The standard InChI is InChI=1S/C20H23ClFN5O/c1-3-26-9-4-5-13(12-26)23-20-25-24-18(19-17(22)8-10-27(19)20)15-7-6-14(28-2)11-16(15)21/h6-8,10-11,13H,3-5,9,12H2,1-2H3,(H,23,25)/t13-/m1/s1. The predicted octanol–water partition coefficient (Wildman–Crippen LogP) is 4.09. The van der Waals surface area contributed by atoms with E-state index in [9.17, 15) is 4.39 Å². The molecule has 1 aliphatic heterocycles. The summed E-state index contributed by atoms with van der Waals surface area (Å²) in [6.07, 6.45) is 3.85. The van der Waals surface area contributed by atoms with Crippen LogP contribution in [0, 0.1) is 5.82 Å². The number of anilines is 1. The van der Waals surface area contributed by atoms with Crippen LogP contribution >= 0.6 is 11.6 Å². The molecule has 0 bridgehead atoms. The zero-order valence-corrected chi connectivity index (χ0v) is 16.7. The van der Waals surface area contributed by atoms with E-state index in [1.54, 1.807) is 35.9 Å². The first kappa shape index (κ1) is 19.0. The Morgan fingerprint density at radius 3 is 2.93 bits per heavy atom. The summed E-state index contributed by atoms with van der Waals surface area (Å²) in [5, 5.41) is 12.5. The molecular formula is C20H23ClFN5O. The zero-order valence-electron chi connectivity index (χ0n) is 16.0. The molecule has 148 valence electrons. The second-order valence-electron chi connectivity index (χ2n) is 6.98. The normalized spacial score (nSPS) is 17.8. The van der Waals surface area contributed by atoms with Crippen molar-refractivity contribution >= 4 is 23.1 Å². The van der Waals surface area contributed by atoms with E-state index in [1.165, 1.54) is 6.07 Å². The van der Waals surface area contributed by atoms with Crippen molar-refractivity contribution in [1.29, 1.82) is 0 Å². The molecule has 4 rings (SSSR count). The van der Waals surface area contributed by atoms with Crippen molar-refractivity contribution in [3.05, 3.63) is 41.3 Å². The minimum atomic E-state index is -0.362. The van der Waals surface area contributed by atoms with Crippen LogP contribution in [0.25, 0.3) is 16.8 Å². The summed E-state index contributed by atoms with van der Waals surface area (Å²) in [5.41, 5.74) is 1.37. The van der Waals surface area contributed by atoms with Crippen LogP contribution in [0.2, 0.25) is 5.02 Å². The van der Waals surface area contributed by atoms with E-state index < -0.39 is 0 Å². The Kier molecular flexibility index (Phi) is 5.37. The fourth-order valence-electron chi connectivity index (χ4n) is 3.74. The Labute approximate surface area is 168 Å². The third-order valence-electron chi connectivity index (χ3n) is 5.25. The van der Waals surface area contributed by atoms with Crippen molar-refractivity contribution in [2.45, 2.75) is 25.8 Å². The minimum Gasteiger partial charge on any atom is -0.497 e. The molecule has 28 heavy (non-hydrogen) atoms. The maximum atomic E-state index is 14.7. The minimum absolute atomic E-state index is 0.257. The van der Waals surface area contributed by atoms with Gasteiger partial charge in [0, 0.05) is 24.3 Å². The number of halogens is 2. The number of nitrogens with one attached hydrogen (secondary N) is 1. The van der Waals surface area contributed by atoms with Gasteiger partial charge in [0.15, 0.2) is 5.82 Å². The van der Waals surface area contributed by atoms with Gasteiger partial charge in [0.05, 0.1) is 12.1 Å². The second-order valence-corrected chi connectivity index (χ2v) is 7.38. The van der Waals surface area contributed by atoms with Gasteiger partial charge in [-0.3, -0.25) is 4.40 Å². The molecule has 0 radical (unpaired) electrons. The quantitative estimate of drug-likeness (QED) is 0.695. The van der Waals surface area contributed by atoms with E-state index in [1.807, 2.05) is 0 Å². The van der Waals surface area contributed by atoms with E-state index in [0.29, 0.717) is 33.5 Å². The molecule has 0 amide bonds.